The maximum absolute atomic E-state index is 12.4. The molecule has 0 fully saturated rings. The van der Waals surface area contributed by atoms with Gasteiger partial charge in [-0.1, -0.05) is 18.2 Å². The first kappa shape index (κ1) is 20.1. The third-order valence-corrected chi connectivity index (χ3v) is 3.77. The van der Waals surface area contributed by atoms with Crippen molar-refractivity contribution in [1.29, 1.82) is 0 Å². The van der Waals surface area contributed by atoms with Crippen LogP contribution < -0.4 is 15.4 Å². The van der Waals surface area contributed by atoms with Crippen LogP contribution in [0.1, 0.15) is 19.4 Å². The third kappa shape index (κ3) is 6.66. The minimum Gasteiger partial charge on any atom is -0.405 e. The maximum atomic E-state index is 12.4. The number of para-hydroxylation sites is 1. The fourth-order valence-electron chi connectivity index (χ4n) is 1.73. The molecule has 1 aromatic carbocycles. The van der Waals surface area contributed by atoms with E-state index >= 15 is 0 Å². The summed E-state index contributed by atoms with van der Waals surface area (Å²) < 4.78 is 41.3. The minimum atomic E-state index is -4.72. The Hall–Kier alpha value is -1.96. The molecule has 0 saturated heterocycles. The minimum absolute atomic E-state index is 0.102. The molecular formula is C16H25F3N4O. The summed E-state index contributed by atoms with van der Waals surface area (Å²) in [5, 5.41) is 6.16. The molecule has 0 spiro atoms. The summed E-state index contributed by atoms with van der Waals surface area (Å²) in [4.78, 5) is 6.15. The number of hydrogen-bond donors (Lipinski definition) is 2. The Bertz CT molecular complexity index is 556. The van der Waals surface area contributed by atoms with Crippen molar-refractivity contribution in [1.82, 2.24) is 15.5 Å². The number of ether oxygens (including phenoxy) is 1. The number of hydrogen-bond acceptors (Lipinski definition) is 3. The first-order valence-corrected chi connectivity index (χ1v) is 7.51. The molecule has 0 aliphatic heterocycles. The Morgan fingerprint density at radius 1 is 1.17 bits per heavy atom. The number of aliphatic imine (C=N–C) groups is 1. The lowest BCUT2D eigenvalue weighted by Gasteiger charge is -2.33. The van der Waals surface area contributed by atoms with Crippen LogP contribution in [0.15, 0.2) is 29.3 Å². The Labute approximate surface area is 140 Å². The molecular weight excluding hydrogens is 321 g/mol. The van der Waals surface area contributed by atoms with Crippen LogP contribution in [0.5, 0.6) is 5.75 Å². The van der Waals surface area contributed by atoms with E-state index in [-0.39, 0.29) is 17.8 Å². The number of guanidine groups is 1. The summed E-state index contributed by atoms with van der Waals surface area (Å²) >= 11 is 0. The van der Waals surface area contributed by atoms with Gasteiger partial charge < -0.3 is 20.3 Å². The number of alkyl halides is 3. The van der Waals surface area contributed by atoms with Crippen LogP contribution in [-0.2, 0) is 6.54 Å². The molecule has 0 atom stereocenters. The van der Waals surface area contributed by atoms with Crippen LogP contribution in [0.2, 0.25) is 0 Å². The number of nitrogens with one attached hydrogen (secondary N) is 2. The van der Waals surface area contributed by atoms with Crippen LogP contribution in [0.3, 0.4) is 0 Å². The van der Waals surface area contributed by atoms with Crippen molar-refractivity contribution >= 4 is 5.96 Å². The average molecular weight is 346 g/mol. The van der Waals surface area contributed by atoms with Crippen LogP contribution in [0.25, 0.3) is 0 Å². The standard InChI is InChI=1S/C16H25F3N4O/c1-15(2,23(4)5)11-22-14(20-3)21-10-12-8-6-7-9-13(12)24-16(17,18)19/h6-9H,10-11H2,1-5H3,(H2,20,21,22). The van der Waals surface area contributed by atoms with Crippen molar-refractivity contribution in [3.05, 3.63) is 29.8 Å². The summed E-state index contributed by atoms with van der Waals surface area (Å²) in [5.74, 6) is 0.285. The molecule has 0 radical (unpaired) electrons. The van der Waals surface area contributed by atoms with Crippen LogP contribution in [0.4, 0.5) is 13.2 Å². The molecule has 8 heteroatoms. The highest BCUT2D eigenvalue weighted by molar-refractivity contribution is 5.79. The molecule has 0 heterocycles. The largest absolute Gasteiger partial charge is 0.573 e. The molecule has 1 aromatic rings. The predicted octanol–water partition coefficient (Wildman–Crippen LogP) is 2.59. The summed E-state index contributed by atoms with van der Waals surface area (Å²) in [5.41, 5.74) is 0.291. The highest BCUT2D eigenvalue weighted by atomic mass is 19.4. The Morgan fingerprint density at radius 3 is 2.33 bits per heavy atom. The molecule has 0 aliphatic rings. The number of rotatable bonds is 6. The molecule has 5 nitrogen and oxygen atoms in total. The lowest BCUT2D eigenvalue weighted by Crippen LogP contribution is -2.50. The van der Waals surface area contributed by atoms with Gasteiger partial charge in [0.2, 0.25) is 0 Å². The van der Waals surface area contributed by atoms with Gasteiger partial charge in [0.15, 0.2) is 5.96 Å². The fraction of sp³-hybridized carbons (Fsp3) is 0.562. The highest BCUT2D eigenvalue weighted by Crippen LogP contribution is 2.26. The van der Waals surface area contributed by atoms with E-state index in [1.807, 2.05) is 14.1 Å². The smallest absolute Gasteiger partial charge is 0.405 e. The molecule has 136 valence electrons. The molecule has 0 saturated carbocycles. The second kappa shape index (κ2) is 8.23. The Morgan fingerprint density at radius 2 is 1.79 bits per heavy atom. The van der Waals surface area contributed by atoms with Gasteiger partial charge in [0, 0.05) is 31.2 Å². The number of nitrogens with zero attached hydrogens (tertiary/aromatic N) is 2. The van der Waals surface area contributed by atoms with Gasteiger partial charge in [-0.3, -0.25) is 4.99 Å². The molecule has 0 amide bonds. The third-order valence-electron chi connectivity index (χ3n) is 3.77. The van der Waals surface area contributed by atoms with E-state index in [0.717, 1.165) is 0 Å². The molecule has 1 rings (SSSR count). The zero-order chi connectivity index (χ0) is 18.4. The van der Waals surface area contributed by atoms with Crippen molar-refractivity contribution in [2.24, 2.45) is 4.99 Å². The van der Waals surface area contributed by atoms with E-state index in [0.29, 0.717) is 18.1 Å². The summed E-state index contributed by atoms with van der Waals surface area (Å²) in [6.07, 6.45) is -4.72. The van der Waals surface area contributed by atoms with Gasteiger partial charge in [-0.15, -0.1) is 13.2 Å². The van der Waals surface area contributed by atoms with Crippen molar-refractivity contribution in [3.8, 4) is 5.75 Å². The van der Waals surface area contributed by atoms with E-state index in [1.54, 1.807) is 19.2 Å². The fourth-order valence-corrected chi connectivity index (χ4v) is 1.73. The zero-order valence-electron chi connectivity index (χ0n) is 14.7. The monoisotopic (exact) mass is 346 g/mol. The molecule has 0 bridgehead atoms. The second-order valence-corrected chi connectivity index (χ2v) is 6.14. The van der Waals surface area contributed by atoms with Gasteiger partial charge in [0.1, 0.15) is 5.75 Å². The van der Waals surface area contributed by atoms with Gasteiger partial charge in [-0.25, -0.2) is 0 Å². The van der Waals surface area contributed by atoms with Crippen LogP contribution in [0, 0.1) is 0 Å². The first-order valence-electron chi connectivity index (χ1n) is 7.51. The Balaban J connectivity index is 2.67. The van der Waals surface area contributed by atoms with E-state index in [2.05, 4.69) is 39.1 Å². The van der Waals surface area contributed by atoms with Gasteiger partial charge in [0.05, 0.1) is 0 Å². The zero-order valence-corrected chi connectivity index (χ0v) is 14.7. The van der Waals surface area contributed by atoms with Crippen LogP contribution >= 0.6 is 0 Å². The van der Waals surface area contributed by atoms with Crippen molar-refractivity contribution < 1.29 is 17.9 Å². The molecule has 2 N–H and O–H groups in total. The number of likely N-dealkylation sites (N-methyl/N-ethyl adjacent to an activating group) is 1. The van der Waals surface area contributed by atoms with Gasteiger partial charge in [0.25, 0.3) is 0 Å². The van der Waals surface area contributed by atoms with Gasteiger partial charge in [-0.05, 0) is 34.0 Å². The molecule has 0 aliphatic carbocycles. The van der Waals surface area contributed by atoms with Gasteiger partial charge in [-0.2, -0.15) is 0 Å². The molecule has 24 heavy (non-hydrogen) atoms. The molecule has 0 unspecified atom stereocenters. The van der Waals surface area contributed by atoms with E-state index in [1.165, 1.54) is 12.1 Å². The second-order valence-electron chi connectivity index (χ2n) is 6.14. The van der Waals surface area contributed by atoms with Crippen molar-refractivity contribution in [3.63, 3.8) is 0 Å². The van der Waals surface area contributed by atoms with E-state index < -0.39 is 6.36 Å². The topological polar surface area (TPSA) is 48.9 Å². The Kier molecular flexibility index (Phi) is 6.89. The predicted molar refractivity (Wildman–Crippen MR) is 89.1 cm³/mol. The van der Waals surface area contributed by atoms with Crippen LogP contribution in [-0.4, -0.2) is 50.4 Å². The number of benzene rings is 1. The van der Waals surface area contributed by atoms with E-state index in [4.69, 9.17) is 0 Å². The summed E-state index contributed by atoms with van der Waals surface area (Å²) in [6, 6.07) is 6.02. The summed E-state index contributed by atoms with van der Waals surface area (Å²) in [6.45, 7) is 4.92. The molecule has 0 aromatic heterocycles. The average Bonchev–Trinajstić information content (AvgIpc) is 2.47. The van der Waals surface area contributed by atoms with Gasteiger partial charge >= 0.3 is 6.36 Å². The first-order chi connectivity index (χ1) is 11.0. The summed E-state index contributed by atoms with van der Waals surface area (Å²) in [7, 11) is 5.56. The number of halogens is 3. The lowest BCUT2D eigenvalue weighted by molar-refractivity contribution is -0.274. The normalized spacial score (nSPS) is 13.1. The lowest BCUT2D eigenvalue weighted by atomic mass is 10.0. The van der Waals surface area contributed by atoms with Crippen molar-refractivity contribution in [2.75, 3.05) is 27.7 Å². The SMILES string of the molecule is CN=C(NCc1ccccc1OC(F)(F)F)NCC(C)(C)N(C)C. The quantitative estimate of drug-likeness (QED) is 0.614. The maximum Gasteiger partial charge on any atom is 0.573 e. The highest BCUT2D eigenvalue weighted by Gasteiger charge is 2.32. The van der Waals surface area contributed by atoms with E-state index in [9.17, 15) is 13.2 Å². The van der Waals surface area contributed by atoms with Crippen molar-refractivity contribution in [2.45, 2.75) is 32.3 Å².